The van der Waals surface area contributed by atoms with Crippen molar-refractivity contribution in [2.45, 2.75) is 12.0 Å². The van der Waals surface area contributed by atoms with Gasteiger partial charge in [-0.1, -0.05) is 158 Å². The lowest BCUT2D eigenvalue weighted by Gasteiger charge is -2.22. The average molecular weight is 719 g/mol. The number of rotatable bonds is 6. The maximum Gasteiger partial charge on any atom is 0.167 e. The first kappa shape index (κ1) is 32.1. The summed E-state index contributed by atoms with van der Waals surface area (Å²) in [5.74, 6) is 2.66. The van der Waals surface area contributed by atoms with E-state index in [1.165, 1.54) is 22.1 Å². The van der Waals surface area contributed by atoms with Gasteiger partial charge >= 0.3 is 0 Å². The van der Waals surface area contributed by atoms with Crippen molar-refractivity contribution >= 4 is 17.0 Å². The maximum absolute atomic E-state index is 7.18. The molecule has 7 aromatic carbocycles. The molecule has 9 aromatic rings. The second-order valence-electron chi connectivity index (χ2n) is 14.3. The standard InChI is InChI=1S/C51H34N4O/c1-4-15-33(16-5-1)36-21-12-23-38(31-36)50-52-49(35-19-8-3-9-20-35)53-51(54-50)43-27-14-26-40-41-29-30-45-46(48(41)56-47(40)43)42-25-10-11-28-44(42)55(45)39-24-13-22-37(32-39)34-17-6-2-7-18-34/h1-32,41,48H. The zero-order valence-corrected chi connectivity index (χ0v) is 30.3. The van der Waals surface area contributed by atoms with Gasteiger partial charge in [0, 0.05) is 39.2 Å². The molecule has 5 nitrogen and oxygen atoms in total. The molecule has 0 amide bonds. The molecule has 0 N–H and O–H groups in total. The SMILES string of the molecule is C1=CC2c3cccc(-c4nc(-c5ccccc5)nc(-c5cccc(-c6ccccc6)c5)n4)c3OC2c2c1n(-c1cccc(-c3ccccc3)c1)c1ccccc21. The molecule has 0 spiro atoms. The van der Waals surface area contributed by atoms with E-state index in [1.807, 2.05) is 36.4 Å². The third-order valence-electron chi connectivity index (χ3n) is 11.0. The van der Waals surface area contributed by atoms with E-state index in [-0.39, 0.29) is 12.0 Å². The Hall–Kier alpha value is -7.37. The smallest absolute Gasteiger partial charge is 0.167 e. The highest BCUT2D eigenvalue weighted by Gasteiger charge is 2.41. The monoisotopic (exact) mass is 718 g/mol. The Kier molecular flexibility index (Phi) is 7.56. The Morgan fingerprint density at radius 2 is 1.04 bits per heavy atom. The molecule has 3 heterocycles. The molecule has 1 aliphatic heterocycles. The molecule has 5 heteroatoms. The number of fused-ring (bicyclic) bond motifs is 7. The van der Waals surface area contributed by atoms with Gasteiger partial charge < -0.3 is 9.30 Å². The van der Waals surface area contributed by atoms with E-state index >= 15 is 0 Å². The molecule has 1 aliphatic carbocycles. The second kappa shape index (κ2) is 13.2. The number of ether oxygens (including phenoxy) is 1. The van der Waals surface area contributed by atoms with Gasteiger partial charge in [0.1, 0.15) is 11.9 Å². The predicted octanol–water partition coefficient (Wildman–Crippen LogP) is 12.4. The van der Waals surface area contributed by atoms with E-state index in [0.717, 1.165) is 56.0 Å². The molecule has 264 valence electrons. The van der Waals surface area contributed by atoms with Crippen LogP contribution in [-0.2, 0) is 0 Å². The highest BCUT2D eigenvalue weighted by atomic mass is 16.5. The summed E-state index contributed by atoms with van der Waals surface area (Å²) in [7, 11) is 0. The minimum absolute atomic E-state index is 0.0322. The lowest BCUT2D eigenvalue weighted by Crippen LogP contribution is -2.13. The van der Waals surface area contributed by atoms with Crippen LogP contribution in [-0.4, -0.2) is 19.5 Å². The normalized spacial score (nSPS) is 15.2. The number of hydrogen-bond acceptors (Lipinski definition) is 4. The molecule has 11 rings (SSSR count). The Balaban J connectivity index is 1.04. The Labute approximate surface area is 324 Å². The van der Waals surface area contributed by atoms with Crippen molar-refractivity contribution in [1.82, 2.24) is 19.5 Å². The van der Waals surface area contributed by atoms with Crippen LogP contribution in [0.3, 0.4) is 0 Å². The van der Waals surface area contributed by atoms with Gasteiger partial charge in [-0.3, -0.25) is 0 Å². The van der Waals surface area contributed by atoms with E-state index in [1.54, 1.807) is 0 Å². The lowest BCUT2D eigenvalue weighted by atomic mass is 9.85. The third kappa shape index (κ3) is 5.36. The third-order valence-corrected chi connectivity index (χ3v) is 11.0. The predicted molar refractivity (Wildman–Crippen MR) is 225 cm³/mol. The summed E-state index contributed by atoms with van der Waals surface area (Å²) < 4.78 is 9.56. The van der Waals surface area contributed by atoms with Crippen molar-refractivity contribution in [1.29, 1.82) is 0 Å². The highest BCUT2D eigenvalue weighted by Crippen LogP contribution is 2.55. The van der Waals surface area contributed by atoms with Crippen LogP contribution in [0.2, 0.25) is 0 Å². The summed E-state index contributed by atoms with van der Waals surface area (Å²) in [4.78, 5) is 15.3. The maximum atomic E-state index is 7.18. The molecule has 56 heavy (non-hydrogen) atoms. The van der Waals surface area contributed by atoms with Crippen LogP contribution in [0.15, 0.2) is 188 Å². The van der Waals surface area contributed by atoms with Crippen molar-refractivity contribution in [2.75, 3.05) is 0 Å². The minimum Gasteiger partial charge on any atom is -0.484 e. The summed E-state index contributed by atoms with van der Waals surface area (Å²) in [5, 5.41) is 1.19. The largest absolute Gasteiger partial charge is 0.484 e. The topological polar surface area (TPSA) is 52.8 Å². The van der Waals surface area contributed by atoms with Gasteiger partial charge in [0.2, 0.25) is 0 Å². The Bertz CT molecular complexity index is 2950. The number of benzene rings is 7. The molecule has 2 unspecified atom stereocenters. The molecule has 2 atom stereocenters. The van der Waals surface area contributed by atoms with Crippen molar-refractivity contribution < 1.29 is 4.74 Å². The molecule has 0 fully saturated rings. The van der Waals surface area contributed by atoms with E-state index in [2.05, 4.69) is 162 Å². The van der Waals surface area contributed by atoms with Gasteiger partial charge in [0.25, 0.3) is 0 Å². The summed E-state index contributed by atoms with van der Waals surface area (Å²) in [6.07, 6.45) is 4.38. The van der Waals surface area contributed by atoms with Gasteiger partial charge in [0.05, 0.1) is 16.8 Å². The van der Waals surface area contributed by atoms with Crippen molar-refractivity contribution in [3.05, 3.63) is 205 Å². The zero-order valence-electron chi connectivity index (χ0n) is 30.3. The first-order chi connectivity index (χ1) is 27.8. The summed E-state index contributed by atoms with van der Waals surface area (Å²) in [6.45, 7) is 0. The van der Waals surface area contributed by atoms with E-state index in [0.29, 0.717) is 17.5 Å². The van der Waals surface area contributed by atoms with Gasteiger partial charge in [0.15, 0.2) is 17.5 Å². The first-order valence-electron chi connectivity index (χ1n) is 19.0. The minimum atomic E-state index is -0.216. The van der Waals surface area contributed by atoms with Gasteiger partial charge in [-0.2, -0.15) is 0 Å². The number of aromatic nitrogens is 4. The lowest BCUT2D eigenvalue weighted by molar-refractivity contribution is 0.225. The second-order valence-corrected chi connectivity index (χ2v) is 14.3. The molecule has 0 saturated carbocycles. The van der Waals surface area contributed by atoms with Gasteiger partial charge in [-0.25, -0.2) is 15.0 Å². The number of hydrogen-bond donors (Lipinski definition) is 0. The molecular weight excluding hydrogens is 685 g/mol. The Morgan fingerprint density at radius 1 is 0.464 bits per heavy atom. The van der Waals surface area contributed by atoms with Gasteiger partial charge in [-0.05, 0) is 58.7 Å². The van der Waals surface area contributed by atoms with E-state index < -0.39 is 0 Å². The Morgan fingerprint density at radius 3 is 1.79 bits per heavy atom. The molecule has 0 saturated heterocycles. The summed E-state index contributed by atoms with van der Waals surface area (Å²) >= 11 is 0. The van der Waals surface area contributed by atoms with Crippen LogP contribution in [0.1, 0.15) is 28.8 Å². The fourth-order valence-electron chi connectivity index (χ4n) is 8.42. The van der Waals surface area contributed by atoms with Crippen LogP contribution >= 0.6 is 0 Å². The van der Waals surface area contributed by atoms with Crippen LogP contribution in [0.4, 0.5) is 0 Å². The summed E-state index contributed by atoms with van der Waals surface area (Å²) in [6, 6.07) is 63.3. The molecule has 0 bridgehead atoms. The molecule has 2 aliphatic rings. The quantitative estimate of drug-likeness (QED) is 0.172. The van der Waals surface area contributed by atoms with Crippen LogP contribution < -0.4 is 4.74 Å². The molecular formula is C51H34N4O. The van der Waals surface area contributed by atoms with Crippen molar-refractivity contribution in [3.8, 4) is 67.9 Å². The molecule has 0 radical (unpaired) electrons. The van der Waals surface area contributed by atoms with Crippen LogP contribution in [0, 0.1) is 0 Å². The van der Waals surface area contributed by atoms with Crippen molar-refractivity contribution in [2.24, 2.45) is 0 Å². The molecule has 2 aromatic heterocycles. The highest BCUT2D eigenvalue weighted by molar-refractivity contribution is 5.92. The average Bonchev–Trinajstić information content (AvgIpc) is 3.83. The van der Waals surface area contributed by atoms with Crippen LogP contribution in [0.5, 0.6) is 5.75 Å². The van der Waals surface area contributed by atoms with Crippen molar-refractivity contribution in [3.63, 3.8) is 0 Å². The summed E-state index contributed by atoms with van der Waals surface area (Å²) in [5.41, 5.74) is 13.1. The van der Waals surface area contributed by atoms with E-state index in [9.17, 15) is 0 Å². The number of para-hydroxylation sites is 2. The van der Waals surface area contributed by atoms with Gasteiger partial charge in [-0.15, -0.1) is 0 Å². The number of nitrogens with zero attached hydrogens (tertiary/aromatic N) is 4. The fraction of sp³-hybridized carbons (Fsp3) is 0.0392. The van der Waals surface area contributed by atoms with E-state index in [4.69, 9.17) is 19.7 Å². The first-order valence-corrected chi connectivity index (χ1v) is 19.0. The fourth-order valence-corrected chi connectivity index (χ4v) is 8.42. The zero-order chi connectivity index (χ0) is 37.0. The van der Waals surface area contributed by atoms with Crippen LogP contribution in [0.25, 0.3) is 79.1 Å².